The van der Waals surface area contributed by atoms with Crippen LogP contribution < -0.4 is 4.74 Å². The number of carbonyl (C=O) groups excluding carboxylic acids is 1. The van der Waals surface area contributed by atoms with Crippen molar-refractivity contribution in [3.63, 3.8) is 0 Å². The maximum atomic E-state index is 10.7. The molecule has 1 N–H and O–H groups in total. The molecule has 0 saturated heterocycles. The largest absolute Gasteiger partial charge is 0.503 e. The Bertz CT molecular complexity index is 444. The second-order valence-electron chi connectivity index (χ2n) is 3.26. The van der Waals surface area contributed by atoms with E-state index in [1.165, 1.54) is 25.8 Å². The first-order valence-corrected chi connectivity index (χ1v) is 6.27. The molecule has 92 valence electrons. The molecule has 5 heteroatoms. The number of ether oxygens (including phenoxy) is 1. The predicted octanol–water partition coefficient (Wildman–Crippen LogP) is 3.35. The van der Waals surface area contributed by atoms with Gasteiger partial charge in [0.25, 0.3) is 0 Å². The maximum absolute atomic E-state index is 10.7. The second kappa shape index (κ2) is 6.57. The number of rotatable bonds is 4. The molecule has 0 unspecified atom stereocenters. The van der Waals surface area contributed by atoms with Gasteiger partial charge in [-0.3, -0.25) is 4.79 Å². The summed E-state index contributed by atoms with van der Waals surface area (Å²) in [6.45, 7) is 1.53. The van der Waals surface area contributed by atoms with Gasteiger partial charge in [-0.15, -0.1) is 0 Å². The summed E-state index contributed by atoms with van der Waals surface area (Å²) >= 11 is 7.07. The lowest BCUT2D eigenvalue weighted by Gasteiger charge is -2.06. The Kier molecular flexibility index (Phi) is 5.38. The lowest BCUT2D eigenvalue weighted by Crippen LogP contribution is -1.86. The van der Waals surface area contributed by atoms with Crippen LogP contribution in [-0.2, 0) is 4.79 Å². The normalized spacial score (nSPS) is 10.8. The Morgan fingerprint density at radius 3 is 2.88 bits per heavy atom. The van der Waals surface area contributed by atoms with Crippen molar-refractivity contribution in [1.82, 2.24) is 0 Å². The van der Waals surface area contributed by atoms with Crippen LogP contribution in [0.15, 0.2) is 18.2 Å². The van der Waals surface area contributed by atoms with Gasteiger partial charge >= 0.3 is 0 Å². The summed E-state index contributed by atoms with van der Waals surface area (Å²) in [4.78, 5) is 10.7. The summed E-state index contributed by atoms with van der Waals surface area (Å²) in [6.07, 6.45) is 3.68. The predicted molar refractivity (Wildman–Crippen MR) is 71.8 cm³/mol. The highest BCUT2D eigenvalue weighted by Gasteiger charge is 2.07. The highest BCUT2D eigenvalue weighted by Crippen LogP contribution is 2.35. The summed E-state index contributed by atoms with van der Waals surface area (Å²) in [7, 11) is 1.46. The molecular formula is C12H13ClO3S. The standard InChI is InChI=1S/C12H13ClO3S/c1-8(14)17-5-3-4-9-6-10(13)12(15)11(7-9)16-2/h3-4,6-7,15H,5H2,1-2H3. The molecule has 0 bridgehead atoms. The molecule has 0 aliphatic heterocycles. The van der Waals surface area contributed by atoms with Crippen LogP contribution in [-0.4, -0.2) is 23.1 Å². The Balaban J connectivity index is 2.78. The van der Waals surface area contributed by atoms with Crippen molar-refractivity contribution in [1.29, 1.82) is 0 Å². The van der Waals surface area contributed by atoms with E-state index < -0.39 is 0 Å². The van der Waals surface area contributed by atoms with Crippen LogP contribution in [0.25, 0.3) is 6.08 Å². The number of hydrogen-bond acceptors (Lipinski definition) is 4. The summed E-state index contributed by atoms with van der Waals surface area (Å²) < 4.78 is 4.98. The molecule has 17 heavy (non-hydrogen) atoms. The number of thioether (sulfide) groups is 1. The number of carbonyl (C=O) groups is 1. The molecule has 0 spiro atoms. The van der Waals surface area contributed by atoms with Gasteiger partial charge < -0.3 is 9.84 Å². The minimum atomic E-state index is -0.0653. The van der Waals surface area contributed by atoms with Crippen LogP contribution in [0.2, 0.25) is 5.02 Å². The first kappa shape index (κ1) is 13.9. The van der Waals surface area contributed by atoms with Gasteiger partial charge in [0.2, 0.25) is 0 Å². The van der Waals surface area contributed by atoms with E-state index in [-0.39, 0.29) is 15.9 Å². The van der Waals surface area contributed by atoms with Crippen LogP contribution in [0, 0.1) is 0 Å². The molecule has 0 amide bonds. The summed E-state index contributed by atoms with van der Waals surface area (Å²) in [5.74, 6) is 0.872. The van der Waals surface area contributed by atoms with E-state index in [0.717, 1.165) is 5.56 Å². The molecular weight excluding hydrogens is 260 g/mol. The van der Waals surface area contributed by atoms with Crippen LogP contribution in [0.1, 0.15) is 12.5 Å². The third-order valence-electron chi connectivity index (χ3n) is 1.96. The van der Waals surface area contributed by atoms with Crippen molar-refractivity contribution in [3.05, 3.63) is 28.8 Å². The van der Waals surface area contributed by atoms with E-state index in [2.05, 4.69) is 0 Å². The molecule has 0 aliphatic carbocycles. The van der Waals surface area contributed by atoms with Crippen LogP contribution >= 0.6 is 23.4 Å². The number of hydrogen-bond donors (Lipinski definition) is 1. The van der Waals surface area contributed by atoms with E-state index in [9.17, 15) is 9.90 Å². The molecule has 0 fully saturated rings. The second-order valence-corrected chi connectivity index (χ2v) is 4.86. The highest BCUT2D eigenvalue weighted by molar-refractivity contribution is 8.13. The third kappa shape index (κ3) is 4.32. The monoisotopic (exact) mass is 272 g/mol. The van der Waals surface area contributed by atoms with Crippen LogP contribution in [0.3, 0.4) is 0 Å². The van der Waals surface area contributed by atoms with Gasteiger partial charge in [0, 0.05) is 12.7 Å². The quantitative estimate of drug-likeness (QED) is 0.913. The van der Waals surface area contributed by atoms with Gasteiger partial charge in [0.05, 0.1) is 12.1 Å². The van der Waals surface area contributed by atoms with Gasteiger partial charge in [-0.1, -0.05) is 35.5 Å². The molecule has 3 nitrogen and oxygen atoms in total. The van der Waals surface area contributed by atoms with Crippen molar-refractivity contribution >= 4 is 34.6 Å². The fourth-order valence-corrected chi connectivity index (χ4v) is 1.84. The molecule has 1 aromatic carbocycles. The number of phenolic OH excluding ortho intramolecular Hbond substituents is 1. The van der Waals surface area contributed by atoms with Crippen molar-refractivity contribution < 1.29 is 14.6 Å². The zero-order valence-electron chi connectivity index (χ0n) is 9.57. The molecule has 0 saturated carbocycles. The van der Waals surface area contributed by atoms with Crippen LogP contribution in [0.4, 0.5) is 0 Å². The van der Waals surface area contributed by atoms with Crippen molar-refractivity contribution in [2.75, 3.05) is 12.9 Å². The Hall–Kier alpha value is -1.13. The lowest BCUT2D eigenvalue weighted by molar-refractivity contribution is -0.109. The fraction of sp³-hybridized carbons (Fsp3) is 0.250. The number of methoxy groups -OCH3 is 1. The van der Waals surface area contributed by atoms with E-state index in [1.54, 1.807) is 12.1 Å². The summed E-state index contributed by atoms with van der Waals surface area (Å²) in [6, 6.07) is 3.31. The van der Waals surface area contributed by atoms with Gasteiger partial charge in [-0.2, -0.15) is 0 Å². The first-order valence-electron chi connectivity index (χ1n) is 4.91. The zero-order valence-corrected chi connectivity index (χ0v) is 11.1. The molecule has 0 aliphatic rings. The zero-order chi connectivity index (χ0) is 12.8. The minimum Gasteiger partial charge on any atom is -0.503 e. The van der Waals surface area contributed by atoms with Crippen molar-refractivity contribution in [3.8, 4) is 11.5 Å². The van der Waals surface area contributed by atoms with Crippen molar-refractivity contribution in [2.45, 2.75) is 6.92 Å². The SMILES string of the molecule is COc1cc(C=CCSC(C)=O)cc(Cl)c1O. The molecule has 0 heterocycles. The fourth-order valence-electron chi connectivity index (χ4n) is 1.20. The average molecular weight is 273 g/mol. The van der Waals surface area contributed by atoms with Gasteiger partial charge in [-0.05, 0) is 17.7 Å². The maximum Gasteiger partial charge on any atom is 0.186 e. The Morgan fingerprint density at radius 2 is 2.29 bits per heavy atom. The third-order valence-corrected chi connectivity index (χ3v) is 3.02. The van der Waals surface area contributed by atoms with E-state index in [1.807, 2.05) is 12.2 Å². The average Bonchev–Trinajstić information content (AvgIpc) is 2.28. The number of halogens is 1. The molecule has 1 aromatic rings. The highest BCUT2D eigenvalue weighted by atomic mass is 35.5. The summed E-state index contributed by atoms with van der Waals surface area (Å²) in [5.41, 5.74) is 0.814. The topological polar surface area (TPSA) is 46.5 Å². The van der Waals surface area contributed by atoms with E-state index in [4.69, 9.17) is 16.3 Å². The number of benzene rings is 1. The Labute approximate surface area is 109 Å². The van der Waals surface area contributed by atoms with E-state index in [0.29, 0.717) is 11.5 Å². The van der Waals surface area contributed by atoms with E-state index >= 15 is 0 Å². The van der Waals surface area contributed by atoms with Crippen LogP contribution in [0.5, 0.6) is 11.5 Å². The minimum absolute atomic E-state index is 0.0653. The molecule has 0 atom stereocenters. The lowest BCUT2D eigenvalue weighted by atomic mass is 10.2. The summed E-state index contributed by atoms with van der Waals surface area (Å²) in [5, 5.41) is 9.86. The smallest absolute Gasteiger partial charge is 0.186 e. The van der Waals surface area contributed by atoms with Gasteiger partial charge in [0.15, 0.2) is 16.6 Å². The van der Waals surface area contributed by atoms with Gasteiger partial charge in [0.1, 0.15) is 0 Å². The number of aromatic hydroxyl groups is 1. The Morgan fingerprint density at radius 1 is 1.59 bits per heavy atom. The van der Waals surface area contributed by atoms with Crippen molar-refractivity contribution in [2.24, 2.45) is 0 Å². The molecule has 1 rings (SSSR count). The molecule has 0 radical (unpaired) electrons. The first-order chi connectivity index (χ1) is 8.04. The number of phenols is 1. The molecule has 0 aromatic heterocycles. The van der Waals surface area contributed by atoms with Gasteiger partial charge in [-0.25, -0.2) is 0 Å².